The molecule has 4 rings (SSSR count). The molecule has 0 aliphatic carbocycles. The monoisotopic (exact) mass is 530 g/mol. The number of hydrogen-bond donors (Lipinski definition) is 4. The number of anilines is 3. The molecule has 1 heterocycles. The van der Waals surface area contributed by atoms with Gasteiger partial charge in [0, 0.05) is 36.8 Å². The third-order valence-electron chi connectivity index (χ3n) is 6.46. The molecule has 0 saturated carbocycles. The number of carboxylic acids is 1. The SMILES string of the molecule is CNCCCN(C(C)=O)c1ccc(N/C(=C2\C(=O)Nc3cc(F)ccc32)c2cccc(CCC(=O)O)c2)cc1. The van der Waals surface area contributed by atoms with Crippen LogP contribution in [0.4, 0.5) is 21.5 Å². The zero-order valence-corrected chi connectivity index (χ0v) is 21.9. The fourth-order valence-corrected chi connectivity index (χ4v) is 4.56. The van der Waals surface area contributed by atoms with E-state index in [1.54, 1.807) is 11.0 Å². The van der Waals surface area contributed by atoms with Crippen LogP contribution in [0.2, 0.25) is 0 Å². The molecule has 0 bridgehead atoms. The Balaban J connectivity index is 1.73. The first kappa shape index (κ1) is 27.5. The molecule has 0 fully saturated rings. The summed E-state index contributed by atoms with van der Waals surface area (Å²) in [4.78, 5) is 38.2. The summed E-state index contributed by atoms with van der Waals surface area (Å²) in [5, 5.41) is 18.3. The predicted octanol–water partition coefficient (Wildman–Crippen LogP) is 4.74. The summed E-state index contributed by atoms with van der Waals surface area (Å²) >= 11 is 0. The average molecular weight is 531 g/mol. The highest BCUT2D eigenvalue weighted by molar-refractivity contribution is 6.37. The number of carboxylic acid groups (broad SMARTS) is 1. The molecule has 4 N–H and O–H groups in total. The highest BCUT2D eigenvalue weighted by Gasteiger charge is 2.29. The number of benzene rings is 3. The van der Waals surface area contributed by atoms with Gasteiger partial charge in [-0.25, -0.2) is 4.39 Å². The van der Waals surface area contributed by atoms with Crippen LogP contribution in [-0.4, -0.2) is 43.0 Å². The molecule has 0 unspecified atom stereocenters. The molecule has 3 aromatic rings. The summed E-state index contributed by atoms with van der Waals surface area (Å²) in [6, 6.07) is 18.8. The molecule has 0 saturated heterocycles. The van der Waals surface area contributed by atoms with Gasteiger partial charge in [0.05, 0.1) is 17.0 Å². The minimum Gasteiger partial charge on any atom is -0.481 e. The zero-order chi connectivity index (χ0) is 27.9. The van der Waals surface area contributed by atoms with Crippen LogP contribution in [0, 0.1) is 5.82 Å². The van der Waals surface area contributed by atoms with Gasteiger partial charge in [0.25, 0.3) is 5.91 Å². The van der Waals surface area contributed by atoms with Crippen molar-refractivity contribution in [3.8, 4) is 0 Å². The fourth-order valence-electron chi connectivity index (χ4n) is 4.56. The van der Waals surface area contributed by atoms with Crippen LogP contribution in [0.5, 0.6) is 0 Å². The highest BCUT2D eigenvalue weighted by Crippen LogP contribution is 2.38. The van der Waals surface area contributed by atoms with Gasteiger partial charge in [-0.05, 0) is 86.1 Å². The molecule has 0 aromatic heterocycles. The number of nitrogens with zero attached hydrogens (tertiary/aromatic N) is 1. The first-order chi connectivity index (χ1) is 18.8. The second kappa shape index (κ2) is 12.4. The number of aryl methyl sites for hydroxylation is 1. The van der Waals surface area contributed by atoms with Crippen molar-refractivity contribution in [3.05, 3.63) is 89.2 Å². The van der Waals surface area contributed by atoms with Gasteiger partial charge in [0.2, 0.25) is 5.91 Å². The summed E-state index contributed by atoms with van der Waals surface area (Å²) in [5.41, 5.74) is 4.72. The predicted molar refractivity (Wildman–Crippen MR) is 151 cm³/mol. The molecular weight excluding hydrogens is 499 g/mol. The van der Waals surface area contributed by atoms with E-state index in [1.807, 2.05) is 55.6 Å². The smallest absolute Gasteiger partial charge is 0.303 e. The minimum absolute atomic E-state index is 0.0200. The second-order valence-corrected chi connectivity index (χ2v) is 9.29. The van der Waals surface area contributed by atoms with Crippen LogP contribution in [0.15, 0.2) is 66.7 Å². The third kappa shape index (κ3) is 6.69. The maximum Gasteiger partial charge on any atom is 0.303 e. The molecule has 1 aliphatic heterocycles. The number of rotatable bonds is 11. The Bertz CT molecular complexity index is 1420. The Hall–Kier alpha value is -4.50. The number of hydrogen-bond acceptors (Lipinski definition) is 5. The van der Waals surface area contributed by atoms with Gasteiger partial charge in [-0.1, -0.05) is 18.2 Å². The van der Waals surface area contributed by atoms with Crippen molar-refractivity contribution in [2.24, 2.45) is 0 Å². The number of aliphatic carboxylic acids is 1. The van der Waals surface area contributed by atoms with Crippen molar-refractivity contribution >= 4 is 46.1 Å². The molecule has 1 aliphatic rings. The second-order valence-electron chi connectivity index (χ2n) is 9.29. The third-order valence-corrected chi connectivity index (χ3v) is 6.46. The van der Waals surface area contributed by atoms with E-state index >= 15 is 0 Å². The van der Waals surface area contributed by atoms with E-state index < -0.39 is 11.8 Å². The lowest BCUT2D eigenvalue weighted by molar-refractivity contribution is -0.137. The average Bonchev–Trinajstić information content (AvgIpc) is 3.23. The molecule has 0 radical (unpaired) electrons. The minimum atomic E-state index is -0.895. The van der Waals surface area contributed by atoms with Crippen LogP contribution in [0.25, 0.3) is 11.3 Å². The largest absolute Gasteiger partial charge is 0.481 e. The lowest BCUT2D eigenvalue weighted by atomic mass is 9.97. The standard InChI is InChI=1S/C30H31FN4O4/c1-19(36)35(16-4-15-32-2)24-11-9-23(10-12-24)33-29(21-6-3-5-20(17-21)7-14-27(37)38)28-25-13-8-22(31)18-26(25)34-30(28)39/h3,5-6,8-13,17-18,32-33H,4,7,14-16H2,1-2H3,(H,34,39)(H,37,38)/b29-28-. The molecule has 8 nitrogen and oxygen atoms in total. The number of fused-ring (bicyclic) bond motifs is 1. The van der Waals surface area contributed by atoms with Crippen LogP contribution < -0.4 is 20.9 Å². The van der Waals surface area contributed by atoms with Crippen LogP contribution in [0.1, 0.15) is 36.5 Å². The van der Waals surface area contributed by atoms with Crippen molar-refractivity contribution in [2.45, 2.75) is 26.2 Å². The summed E-state index contributed by atoms with van der Waals surface area (Å²) < 4.78 is 13.9. The maximum atomic E-state index is 13.9. The highest BCUT2D eigenvalue weighted by atomic mass is 19.1. The summed E-state index contributed by atoms with van der Waals surface area (Å²) in [6.45, 7) is 2.90. The van der Waals surface area contributed by atoms with E-state index in [-0.39, 0.29) is 18.2 Å². The molecule has 0 atom stereocenters. The number of amides is 2. The van der Waals surface area contributed by atoms with E-state index in [0.29, 0.717) is 46.7 Å². The van der Waals surface area contributed by atoms with Gasteiger partial charge in [0.15, 0.2) is 0 Å². The van der Waals surface area contributed by atoms with E-state index in [4.69, 9.17) is 5.11 Å². The van der Waals surface area contributed by atoms with Crippen LogP contribution >= 0.6 is 0 Å². The van der Waals surface area contributed by atoms with E-state index in [9.17, 15) is 18.8 Å². The van der Waals surface area contributed by atoms with E-state index in [0.717, 1.165) is 24.2 Å². The number of nitrogens with one attached hydrogen (secondary N) is 3. The van der Waals surface area contributed by atoms with E-state index in [2.05, 4.69) is 16.0 Å². The molecule has 0 spiro atoms. The van der Waals surface area contributed by atoms with Gasteiger partial charge in [0.1, 0.15) is 5.82 Å². The van der Waals surface area contributed by atoms with Crippen molar-refractivity contribution in [1.29, 1.82) is 0 Å². The molecule has 3 aromatic carbocycles. The first-order valence-corrected chi connectivity index (χ1v) is 12.7. The first-order valence-electron chi connectivity index (χ1n) is 12.7. The lowest BCUT2D eigenvalue weighted by Crippen LogP contribution is -2.31. The van der Waals surface area contributed by atoms with Crippen LogP contribution in [-0.2, 0) is 20.8 Å². The number of carbonyl (C=O) groups excluding carboxylic acids is 2. The van der Waals surface area contributed by atoms with Crippen molar-refractivity contribution in [3.63, 3.8) is 0 Å². The Morgan fingerprint density at radius 3 is 2.51 bits per heavy atom. The molecule has 202 valence electrons. The Morgan fingerprint density at radius 2 is 1.82 bits per heavy atom. The molecule has 2 amide bonds. The van der Waals surface area contributed by atoms with Crippen molar-refractivity contribution in [2.75, 3.05) is 35.7 Å². The van der Waals surface area contributed by atoms with Gasteiger partial charge in [-0.2, -0.15) is 0 Å². The van der Waals surface area contributed by atoms with Gasteiger partial charge in [-0.15, -0.1) is 0 Å². The summed E-state index contributed by atoms with van der Waals surface area (Å²) in [5.74, 6) is -1.79. The van der Waals surface area contributed by atoms with Gasteiger partial charge in [-0.3, -0.25) is 14.4 Å². The summed E-state index contributed by atoms with van der Waals surface area (Å²) in [7, 11) is 1.87. The van der Waals surface area contributed by atoms with Crippen molar-refractivity contribution in [1.82, 2.24) is 5.32 Å². The number of carbonyl (C=O) groups is 3. The Morgan fingerprint density at radius 1 is 1.05 bits per heavy atom. The maximum absolute atomic E-state index is 13.9. The fraction of sp³-hybridized carbons (Fsp3) is 0.233. The molecule has 9 heteroatoms. The topological polar surface area (TPSA) is 111 Å². The lowest BCUT2D eigenvalue weighted by Gasteiger charge is -2.22. The zero-order valence-electron chi connectivity index (χ0n) is 21.9. The Labute approximate surface area is 226 Å². The summed E-state index contributed by atoms with van der Waals surface area (Å²) in [6.07, 6.45) is 1.12. The quantitative estimate of drug-likeness (QED) is 0.211. The normalized spacial score (nSPS) is 13.5. The van der Waals surface area contributed by atoms with Gasteiger partial charge < -0.3 is 26.0 Å². The van der Waals surface area contributed by atoms with E-state index in [1.165, 1.54) is 19.1 Å². The number of halogens is 1. The molecular formula is C30H31FN4O4. The Kier molecular flexibility index (Phi) is 8.73. The van der Waals surface area contributed by atoms with Crippen molar-refractivity contribution < 1.29 is 23.9 Å². The van der Waals surface area contributed by atoms with Gasteiger partial charge >= 0.3 is 5.97 Å². The van der Waals surface area contributed by atoms with Crippen LogP contribution in [0.3, 0.4) is 0 Å². The molecule has 39 heavy (non-hydrogen) atoms.